The predicted octanol–water partition coefficient (Wildman–Crippen LogP) is 6.72. The average Bonchev–Trinajstić information content (AvgIpc) is 2.65. The number of fused-ring (bicyclic) bond motifs is 2. The summed E-state index contributed by atoms with van der Waals surface area (Å²) in [6.45, 7) is 0. The molecule has 0 unspecified atom stereocenters. The molecule has 0 amide bonds. The Labute approximate surface area is 163 Å². The van der Waals surface area contributed by atoms with E-state index in [0.717, 1.165) is 0 Å². The summed E-state index contributed by atoms with van der Waals surface area (Å²) in [5, 5.41) is 5.12. The summed E-state index contributed by atoms with van der Waals surface area (Å²) < 4.78 is 0. The summed E-state index contributed by atoms with van der Waals surface area (Å²) >= 11 is 0. The minimum absolute atomic E-state index is 0. The molecule has 0 bridgehead atoms. The van der Waals surface area contributed by atoms with Crippen LogP contribution in [0.1, 0.15) is 11.1 Å². The van der Waals surface area contributed by atoms with Crippen molar-refractivity contribution < 1.29 is 21.7 Å². The summed E-state index contributed by atoms with van der Waals surface area (Å²) in [4.78, 5) is 0. The largest absolute Gasteiger partial charge is 0.0616 e. The molecule has 0 nitrogen and oxygen atoms in total. The van der Waals surface area contributed by atoms with Gasteiger partial charge >= 0.3 is 0 Å². The maximum absolute atomic E-state index is 2.17. The standard InChI is InChI=1S/C24H18.Ti/c1(9-19-13-7-15-21-11-3-5-17-23(19)21)2-10-20-14-8-16-22-12-4-6-18-24(20)22;/h1-18H;. The van der Waals surface area contributed by atoms with Gasteiger partial charge in [0.15, 0.2) is 0 Å². The van der Waals surface area contributed by atoms with E-state index in [1.807, 2.05) is 0 Å². The smallest absolute Gasteiger partial charge is 0 e. The van der Waals surface area contributed by atoms with E-state index >= 15 is 0 Å². The SMILES string of the molecule is C(C=Cc1cccc2ccccc12)=Cc1cccc2ccccc12.[Ti]. The van der Waals surface area contributed by atoms with Gasteiger partial charge in [0.05, 0.1) is 0 Å². The van der Waals surface area contributed by atoms with Gasteiger partial charge < -0.3 is 0 Å². The molecule has 118 valence electrons. The minimum Gasteiger partial charge on any atom is -0.0616 e. The van der Waals surface area contributed by atoms with Gasteiger partial charge in [-0.2, -0.15) is 0 Å². The molecule has 4 rings (SSSR count). The van der Waals surface area contributed by atoms with E-state index in [4.69, 9.17) is 0 Å². The third kappa shape index (κ3) is 3.82. The maximum Gasteiger partial charge on any atom is 0 e. The van der Waals surface area contributed by atoms with Gasteiger partial charge in [-0.1, -0.05) is 109 Å². The van der Waals surface area contributed by atoms with Crippen molar-refractivity contribution in [3.63, 3.8) is 0 Å². The molecule has 0 N–H and O–H groups in total. The molecular weight excluding hydrogens is 336 g/mol. The predicted molar refractivity (Wildman–Crippen MR) is 106 cm³/mol. The first-order chi connectivity index (χ1) is 11.9. The molecule has 0 aliphatic rings. The van der Waals surface area contributed by atoms with Gasteiger partial charge in [0.1, 0.15) is 0 Å². The van der Waals surface area contributed by atoms with Crippen molar-refractivity contribution in [2.45, 2.75) is 0 Å². The zero-order chi connectivity index (χ0) is 16.2. The Bertz CT molecular complexity index is 960. The first kappa shape index (κ1) is 17.4. The van der Waals surface area contributed by atoms with Gasteiger partial charge in [0.2, 0.25) is 0 Å². The van der Waals surface area contributed by atoms with Gasteiger partial charge in [0.25, 0.3) is 0 Å². The number of rotatable bonds is 3. The van der Waals surface area contributed by atoms with E-state index in [1.54, 1.807) is 0 Å². The van der Waals surface area contributed by atoms with E-state index in [0.29, 0.717) is 0 Å². The molecule has 0 radical (unpaired) electrons. The second kappa shape index (κ2) is 8.12. The quantitative estimate of drug-likeness (QED) is 0.283. The van der Waals surface area contributed by atoms with Crippen LogP contribution >= 0.6 is 0 Å². The number of hydrogen-bond donors (Lipinski definition) is 0. The average molecular weight is 354 g/mol. The molecule has 0 heterocycles. The molecule has 0 spiro atoms. The van der Waals surface area contributed by atoms with Crippen LogP contribution in [0.2, 0.25) is 0 Å². The minimum atomic E-state index is 0. The van der Waals surface area contributed by atoms with Crippen molar-refractivity contribution >= 4 is 33.7 Å². The summed E-state index contributed by atoms with van der Waals surface area (Å²) in [5.41, 5.74) is 2.49. The van der Waals surface area contributed by atoms with Gasteiger partial charge in [-0.15, -0.1) is 0 Å². The Balaban J connectivity index is 0.00000182. The second-order valence-electron chi connectivity index (χ2n) is 5.85. The molecule has 0 atom stereocenters. The van der Waals surface area contributed by atoms with Gasteiger partial charge in [0, 0.05) is 21.7 Å². The fourth-order valence-corrected chi connectivity index (χ4v) is 3.11. The van der Waals surface area contributed by atoms with Gasteiger partial charge in [-0.25, -0.2) is 0 Å². The Hall–Kier alpha value is -2.41. The van der Waals surface area contributed by atoms with Gasteiger partial charge in [-0.05, 0) is 32.7 Å². The van der Waals surface area contributed by atoms with Crippen LogP contribution in [0.25, 0.3) is 33.7 Å². The maximum atomic E-state index is 2.17. The van der Waals surface area contributed by atoms with Crippen LogP contribution in [0.3, 0.4) is 0 Å². The van der Waals surface area contributed by atoms with E-state index in [2.05, 4.69) is 109 Å². The van der Waals surface area contributed by atoms with E-state index in [1.165, 1.54) is 32.7 Å². The number of allylic oxidation sites excluding steroid dienone is 2. The Kier molecular flexibility index (Phi) is 5.65. The van der Waals surface area contributed by atoms with E-state index in [-0.39, 0.29) is 21.7 Å². The molecule has 0 saturated carbocycles. The zero-order valence-electron chi connectivity index (χ0n) is 13.9. The van der Waals surface area contributed by atoms with Crippen molar-refractivity contribution in [1.82, 2.24) is 0 Å². The molecule has 1 heteroatoms. The topological polar surface area (TPSA) is 0 Å². The normalized spacial score (nSPS) is 11.4. The molecule has 0 aromatic heterocycles. The Morgan fingerprint density at radius 3 is 1.32 bits per heavy atom. The van der Waals surface area contributed by atoms with Gasteiger partial charge in [-0.3, -0.25) is 0 Å². The van der Waals surface area contributed by atoms with Crippen molar-refractivity contribution in [2.75, 3.05) is 0 Å². The first-order valence-corrected chi connectivity index (χ1v) is 8.22. The van der Waals surface area contributed by atoms with E-state index < -0.39 is 0 Å². The van der Waals surface area contributed by atoms with E-state index in [9.17, 15) is 0 Å². The summed E-state index contributed by atoms with van der Waals surface area (Å²) in [5.74, 6) is 0. The molecule has 0 aliphatic carbocycles. The van der Waals surface area contributed by atoms with Crippen LogP contribution in [0.15, 0.2) is 97.1 Å². The van der Waals surface area contributed by atoms with Crippen LogP contribution in [0, 0.1) is 0 Å². The second-order valence-corrected chi connectivity index (χ2v) is 5.85. The van der Waals surface area contributed by atoms with Crippen LogP contribution < -0.4 is 0 Å². The molecule has 0 saturated heterocycles. The first-order valence-electron chi connectivity index (χ1n) is 8.22. The molecule has 4 aromatic rings. The van der Waals surface area contributed by atoms with Crippen LogP contribution in [-0.2, 0) is 21.7 Å². The van der Waals surface area contributed by atoms with Crippen LogP contribution in [-0.4, -0.2) is 0 Å². The summed E-state index contributed by atoms with van der Waals surface area (Å²) in [6.07, 6.45) is 8.57. The fraction of sp³-hybridized carbons (Fsp3) is 0. The van der Waals surface area contributed by atoms with Crippen molar-refractivity contribution in [2.24, 2.45) is 0 Å². The summed E-state index contributed by atoms with van der Waals surface area (Å²) in [7, 11) is 0. The van der Waals surface area contributed by atoms with Crippen molar-refractivity contribution in [1.29, 1.82) is 0 Å². The Morgan fingerprint density at radius 2 is 0.840 bits per heavy atom. The molecule has 25 heavy (non-hydrogen) atoms. The number of benzene rings is 4. The third-order valence-electron chi connectivity index (χ3n) is 4.31. The van der Waals surface area contributed by atoms with Crippen LogP contribution in [0.4, 0.5) is 0 Å². The third-order valence-corrected chi connectivity index (χ3v) is 4.31. The molecule has 0 fully saturated rings. The number of hydrogen-bond acceptors (Lipinski definition) is 0. The van der Waals surface area contributed by atoms with Crippen molar-refractivity contribution in [3.8, 4) is 0 Å². The van der Waals surface area contributed by atoms with Crippen LogP contribution in [0.5, 0.6) is 0 Å². The van der Waals surface area contributed by atoms with Crippen molar-refractivity contribution in [3.05, 3.63) is 108 Å². The monoisotopic (exact) mass is 354 g/mol. The molecule has 0 aliphatic heterocycles. The summed E-state index contributed by atoms with van der Waals surface area (Å²) in [6, 6.07) is 29.8. The fourth-order valence-electron chi connectivity index (χ4n) is 3.11. The molecular formula is C24H18Ti. The molecule has 4 aromatic carbocycles. The zero-order valence-corrected chi connectivity index (χ0v) is 15.5. The Morgan fingerprint density at radius 1 is 0.440 bits per heavy atom.